The van der Waals surface area contributed by atoms with Crippen LogP contribution < -0.4 is 10.2 Å². The maximum absolute atomic E-state index is 12.6. The topological polar surface area (TPSA) is 108 Å². The van der Waals surface area contributed by atoms with Gasteiger partial charge in [-0.25, -0.2) is 14.8 Å². The molecular formula is C18H26N6O4. The monoisotopic (exact) mass is 390 g/mol. The van der Waals surface area contributed by atoms with E-state index in [1.54, 1.807) is 22.8 Å². The third-order valence-electron chi connectivity index (χ3n) is 5.03. The van der Waals surface area contributed by atoms with E-state index in [9.17, 15) is 14.4 Å². The van der Waals surface area contributed by atoms with Gasteiger partial charge in [0.15, 0.2) is 0 Å². The molecule has 152 valence electrons. The van der Waals surface area contributed by atoms with Crippen LogP contribution in [-0.2, 0) is 9.53 Å². The zero-order chi connectivity index (χ0) is 19.9. The van der Waals surface area contributed by atoms with E-state index in [1.165, 1.54) is 6.33 Å². The zero-order valence-corrected chi connectivity index (χ0v) is 16.0. The highest BCUT2D eigenvalue weighted by atomic mass is 16.6. The Morgan fingerprint density at radius 2 is 1.89 bits per heavy atom. The number of likely N-dealkylation sites (tertiary alicyclic amines) is 1. The summed E-state index contributed by atoms with van der Waals surface area (Å²) < 4.78 is 5.01. The predicted octanol–water partition coefficient (Wildman–Crippen LogP) is 0.106. The van der Waals surface area contributed by atoms with E-state index in [0.717, 1.165) is 6.41 Å². The number of carbonyl (C=O) groups is 3. The van der Waals surface area contributed by atoms with Gasteiger partial charge in [-0.1, -0.05) is 0 Å². The van der Waals surface area contributed by atoms with Gasteiger partial charge in [-0.15, -0.1) is 0 Å². The molecule has 10 nitrogen and oxygen atoms in total. The molecule has 0 aliphatic carbocycles. The van der Waals surface area contributed by atoms with E-state index in [0.29, 0.717) is 70.2 Å². The van der Waals surface area contributed by atoms with Gasteiger partial charge in [0.2, 0.25) is 6.41 Å². The van der Waals surface area contributed by atoms with Crippen LogP contribution in [0.3, 0.4) is 0 Å². The number of piperidine rings is 1. The van der Waals surface area contributed by atoms with Crippen LogP contribution in [0.1, 0.15) is 30.3 Å². The van der Waals surface area contributed by atoms with Gasteiger partial charge in [0.25, 0.3) is 5.91 Å². The van der Waals surface area contributed by atoms with Crippen LogP contribution in [0.25, 0.3) is 0 Å². The molecule has 2 aliphatic heterocycles. The number of hydrogen-bond donors (Lipinski definition) is 1. The van der Waals surface area contributed by atoms with Crippen molar-refractivity contribution in [2.75, 3.05) is 50.8 Å². The molecule has 3 rings (SSSR count). The summed E-state index contributed by atoms with van der Waals surface area (Å²) in [5.41, 5.74) is 0.315. The van der Waals surface area contributed by atoms with Crippen molar-refractivity contribution in [3.8, 4) is 0 Å². The molecule has 3 amide bonds. The number of anilines is 1. The van der Waals surface area contributed by atoms with Gasteiger partial charge in [-0.2, -0.15) is 0 Å². The minimum atomic E-state index is -0.303. The molecule has 0 aromatic carbocycles. The smallest absolute Gasteiger partial charge is 0.409 e. The average molecular weight is 390 g/mol. The van der Waals surface area contributed by atoms with E-state index >= 15 is 0 Å². The average Bonchev–Trinajstić information content (AvgIpc) is 2.74. The molecule has 0 unspecified atom stereocenters. The molecule has 2 aliphatic rings. The van der Waals surface area contributed by atoms with Crippen LogP contribution in [0.4, 0.5) is 10.6 Å². The number of carbonyl (C=O) groups excluding carboxylic acids is 3. The van der Waals surface area contributed by atoms with Crippen molar-refractivity contribution < 1.29 is 19.1 Å². The SMILES string of the molecule is CCOC(=O)N1CCC(NC(=O)c2cc(N3CCN(C=O)CC3)ncn2)CC1. The van der Waals surface area contributed by atoms with Crippen molar-refractivity contribution in [3.63, 3.8) is 0 Å². The Morgan fingerprint density at radius 3 is 2.54 bits per heavy atom. The Morgan fingerprint density at radius 1 is 1.18 bits per heavy atom. The summed E-state index contributed by atoms with van der Waals surface area (Å²) in [6, 6.07) is 1.67. The highest BCUT2D eigenvalue weighted by Crippen LogP contribution is 2.15. The third kappa shape index (κ3) is 4.87. The Balaban J connectivity index is 1.53. The predicted molar refractivity (Wildman–Crippen MR) is 101 cm³/mol. The van der Waals surface area contributed by atoms with Gasteiger partial charge in [0.1, 0.15) is 17.8 Å². The highest BCUT2D eigenvalue weighted by molar-refractivity contribution is 5.93. The molecule has 0 atom stereocenters. The van der Waals surface area contributed by atoms with E-state index in [4.69, 9.17) is 4.74 Å². The van der Waals surface area contributed by atoms with Crippen LogP contribution in [0.2, 0.25) is 0 Å². The fourth-order valence-electron chi connectivity index (χ4n) is 3.38. The minimum Gasteiger partial charge on any atom is -0.450 e. The maximum atomic E-state index is 12.6. The van der Waals surface area contributed by atoms with Crippen LogP contribution in [0, 0.1) is 0 Å². The van der Waals surface area contributed by atoms with Crippen LogP contribution in [0.15, 0.2) is 12.4 Å². The number of piperazine rings is 1. The Bertz CT molecular complexity index is 699. The van der Waals surface area contributed by atoms with E-state index in [1.807, 2.05) is 4.90 Å². The quantitative estimate of drug-likeness (QED) is 0.711. The van der Waals surface area contributed by atoms with E-state index in [-0.39, 0.29) is 18.0 Å². The Kier molecular flexibility index (Phi) is 6.62. The van der Waals surface area contributed by atoms with Crippen molar-refractivity contribution >= 4 is 24.2 Å². The fraction of sp³-hybridized carbons (Fsp3) is 0.611. The first-order chi connectivity index (χ1) is 13.6. The van der Waals surface area contributed by atoms with Crippen molar-refractivity contribution in [1.82, 2.24) is 25.1 Å². The molecule has 10 heteroatoms. The second kappa shape index (κ2) is 9.34. The summed E-state index contributed by atoms with van der Waals surface area (Å²) in [6.07, 6.45) is 3.29. The third-order valence-corrected chi connectivity index (χ3v) is 5.03. The largest absolute Gasteiger partial charge is 0.450 e. The summed E-state index contributed by atoms with van der Waals surface area (Å²) in [6.45, 7) is 5.85. The molecule has 0 radical (unpaired) electrons. The first-order valence-electron chi connectivity index (χ1n) is 9.59. The first kappa shape index (κ1) is 19.8. The second-order valence-electron chi connectivity index (χ2n) is 6.82. The Hall–Kier alpha value is -2.91. The van der Waals surface area contributed by atoms with Crippen molar-refractivity contribution in [2.45, 2.75) is 25.8 Å². The molecule has 0 spiro atoms. The second-order valence-corrected chi connectivity index (χ2v) is 6.82. The lowest BCUT2D eigenvalue weighted by atomic mass is 10.1. The molecule has 2 fully saturated rings. The summed E-state index contributed by atoms with van der Waals surface area (Å²) in [5, 5.41) is 2.99. The van der Waals surface area contributed by atoms with Crippen LogP contribution in [-0.4, -0.2) is 90.1 Å². The minimum absolute atomic E-state index is 0.00673. The molecule has 1 N–H and O–H groups in total. The maximum Gasteiger partial charge on any atom is 0.409 e. The number of hydrogen-bond acceptors (Lipinski definition) is 7. The summed E-state index contributed by atoms with van der Waals surface area (Å²) in [7, 11) is 0. The lowest BCUT2D eigenvalue weighted by Crippen LogP contribution is -2.47. The van der Waals surface area contributed by atoms with Gasteiger partial charge in [-0.05, 0) is 19.8 Å². The molecule has 0 saturated carbocycles. The molecule has 2 saturated heterocycles. The number of rotatable bonds is 5. The van der Waals surface area contributed by atoms with Crippen molar-refractivity contribution in [2.24, 2.45) is 0 Å². The molecule has 3 heterocycles. The van der Waals surface area contributed by atoms with Crippen molar-refractivity contribution in [1.29, 1.82) is 0 Å². The highest BCUT2D eigenvalue weighted by Gasteiger charge is 2.25. The zero-order valence-electron chi connectivity index (χ0n) is 16.0. The lowest BCUT2D eigenvalue weighted by molar-refractivity contribution is -0.118. The molecule has 28 heavy (non-hydrogen) atoms. The number of ether oxygens (including phenoxy) is 1. The van der Waals surface area contributed by atoms with Gasteiger partial charge < -0.3 is 24.8 Å². The van der Waals surface area contributed by atoms with Crippen LogP contribution >= 0.6 is 0 Å². The van der Waals surface area contributed by atoms with Gasteiger partial charge in [-0.3, -0.25) is 9.59 Å². The first-order valence-corrected chi connectivity index (χ1v) is 9.59. The number of nitrogens with zero attached hydrogens (tertiary/aromatic N) is 5. The van der Waals surface area contributed by atoms with E-state index in [2.05, 4.69) is 15.3 Å². The summed E-state index contributed by atoms with van der Waals surface area (Å²) in [5.74, 6) is 0.438. The molecule has 0 bridgehead atoms. The van der Waals surface area contributed by atoms with Crippen molar-refractivity contribution in [3.05, 3.63) is 18.1 Å². The van der Waals surface area contributed by atoms with E-state index < -0.39 is 0 Å². The summed E-state index contributed by atoms with van der Waals surface area (Å²) in [4.78, 5) is 48.9. The Labute approximate surface area is 163 Å². The number of aromatic nitrogens is 2. The fourth-order valence-corrected chi connectivity index (χ4v) is 3.38. The number of nitrogens with one attached hydrogen (secondary N) is 1. The molecular weight excluding hydrogens is 364 g/mol. The lowest BCUT2D eigenvalue weighted by Gasteiger charge is -2.33. The summed E-state index contributed by atoms with van der Waals surface area (Å²) >= 11 is 0. The van der Waals surface area contributed by atoms with Gasteiger partial charge in [0, 0.05) is 51.4 Å². The number of amides is 3. The van der Waals surface area contributed by atoms with Gasteiger partial charge >= 0.3 is 6.09 Å². The molecule has 1 aromatic rings. The standard InChI is InChI=1S/C18H26N6O4/c1-2-28-18(27)24-5-3-14(4-6-24)21-17(26)15-11-16(20-12-19-15)23-9-7-22(13-25)8-10-23/h11-14H,2-10H2,1H3,(H,21,26). The normalized spacial score (nSPS) is 18.0. The molecule has 1 aromatic heterocycles. The van der Waals surface area contributed by atoms with Gasteiger partial charge in [0.05, 0.1) is 6.61 Å². The van der Waals surface area contributed by atoms with Crippen LogP contribution in [0.5, 0.6) is 0 Å².